The maximum Gasteiger partial charge on any atom is 0.335 e. The van der Waals surface area contributed by atoms with Gasteiger partial charge in [-0.2, -0.15) is 0 Å². The Labute approximate surface area is 206 Å². The van der Waals surface area contributed by atoms with E-state index in [1.54, 1.807) is 30.3 Å². The fraction of sp³-hybridized carbons (Fsp3) is 0. The van der Waals surface area contributed by atoms with Crippen LogP contribution < -0.4 is 4.90 Å². The fourth-order valence-electron chi connectivity index (χ4n) is 3.07. The van der Waals surface area contributed by atoms with Crippen molar-refractivity contribution in [2.45, 2.75) is 0 Å². The molecule has 0 spiro atoms. The topological polar surface area (TPSA) is 108 Å². The minimum atomic E-state index is -1.33. The molecule has 1 saturated heterocycles. The van der Waals surface area contributed by atoms with E-state index in [2.05, 4.69) is 0 Å². The number of carbonyl (C=O) groups is 3. The van der Waals surface area contributed by atoms with Crippen LogP contribution in [0.5, 0.6) is 0 Å². The zero-order valence-corrected chi connectivity index (χ0v) is 19.4. The lowest BCUT2D eigenvalue weighted by Crippen LogP contribution is -2.28. The normalized spacial score (nSPS) is 14.8. The third kappa shape index (κ3) is 4.67. The number of hydrogen-bond donors (Lipinski definition) is 2. The van der Waals surface area contributed by atoms with Crippen LogP contribution in [-0.4, -0.2) is 32.4 Å². The smallest absolute Gasteiger partial charge is 0.335 e. The molecule has 4 rings (SSSR count). The summed E-state index contributed by atoms with van der Waals surface area (Å²) in [4.78, 5) is 37.1. The lowest BCUT2D eigenvalue weighted by atomic mass is 10.1. The first-order valence-electron chi connectivity index (χ1n) is 9.09. The maximum atomic E-state index is 13.0. The number of carboxylic acid groups (broad SMARTS) is 2. The summed E-state index contributed by atoms with van der Waals surface area (Å²) in [6.07, 6.45) is 1.49. The van der Waals surface area contributed by atoms with Gasteiger partial charge in [0, 0.05) is 16.7 Å². The summed E-state index contributed by atoms with van der Waals surface area (Å²) in [6.45, 7) is 0. The fourth-order valence-corrected chi connectivity index (χ4v) is 4.73. The molecule has 0 bridgehead atoms. The van der Waals surface area contributed by atoms with Gasteiger partial charge >= 0.3 is 11.9 Å². The number of furan rings is 1. The van der Waals surface area contributed by atoms with Gasteiger partial charge in [0.25, 0.3) is 5.91 Å². The molecule has 11 heteroatoms. The molecule has 166 valence electrons. The average Bonchev–Trinajstić information content (AvgIpc) is 3.33. The molecule has 1 aliphatic rings. The highest BCUT2D eigenvalue weighted by atomic mass is 35.5. The lowest BCUT2D eigenvalue weighted by molar-refractivity contribution is -0.113. The SMILES string of the molecule is O=C(O)c1cc(C(=O)O)cc(N2C(=O)/C(=C\c3ccc(-c4cc(Cl)ccc4Cl)o3)SC2=S)c1. The highest BCUT2D eigenvalue weighted by Gasteiger charge is 2.34. The standard InChI is InChI=1S/C22H11Cl2NO6S2/c23-12-1-3-16(24)15(8-12)17-4-2-14(31-17)9-18-19(26)25(22(32)33-18)13-6-10(20(27)28)5-11(7-13)21(29)30/h1-9H,(H,27,28)(H,29,30)/b18-9+. The van der Waals surface area contributed by atoms with Crippen molar-refractivity contribution in [3.63, 3.8) is 0 Å². The van der Waals surface area contributed by atoms with Gasteiger partial charge in [0.1, 0.15) is 11.5 Å². The number of carboxylic acids is 2. The van der Waals surface area contributed by atoms with Gasteiger partial charge in [-0.1, -0.05) is 47.2 Å². The number of aromatic carboxylic acids is 2. The van der Waals surface area contributed by atoms with Gasteiger partial charge in [-0.3, -0.25) is 9.69 Å². The zero-order valence-electron chi connectivity index (χ0n) is 16.2. The maximum absolute atomic E-state index is 13.0. The molecule has 1 fully saturated rings. The van der Waals surface area contributed by atoms with Gasteiger partial charge in [-0.15, -0.1) is 0 Å². The Morgan fingerprint density at radius 3 is 2.30 bits per heavy atom. The van der Waals surface area contributed by atoms with Crippen LogP contribution in [0.1, 0.15) is 26.5 Å². The van der Waals surface area contributed by atoms with Crippen LogP contribution >= 0.6 is 47.2 Å². The number of nitrogens with zero attached hydrogens (tertiary/aromatic N) is 1. The van der Waals surface area contributed by atoms with E-state index in [1.807, 2.05) is 0 Å². The molecule has 2 N–H and O–H groups in total. The molecule has 0 atom stereocenters. The summed E-state index contributed by atoms with van der Waals surface area (Å²) in [7, 11) is 0. The van der Waals surface area contributed by atoms with E-state index < -0.39 is 17.8 Å². The number of hydrogen-bond acceptors (Lipinski definition) is 6. The Hall–Kier alpha value is -3.11. The number of amides is 1. The Balaban J connectivity index is 1.67. The summed E-state index contributed by atoms with van der Waals surface area (Å²) in [5.74, 6) is -2.40. The monoisotopic (exact) mass is 519 g/mol. The van der Waals surface area contributed by atoms with E-state index in [9.17, 15) is 24.6 Å². The van der Waals surface area contributed by atoms with Crippen LogP contribution in [0.3, 0.4) is 0 Å². The Kier molecular flexibility index (Phi) is 6.31. The van der Waals surface area contributed by atoms with Crippen molar-refractivity contribution < 1.29 is 29.0 Å². The van der Waals surface area contributed by atoms with Gasteiger partial charge < -0.3 is 14.6 Å². The van der Waals surface area contributed by atoms with Gasteiger partial charge in [0.05, 0.1) is 26.7 Å². The molecule has 0 unspecified atom stereocenters. The number of thioether (sulfide) groups is 1. The third-order valence-corrected chi connectivity index (χ3v) is 6.42. The molecular weight excluding hydrogens is 509 g/mol. The highest BCUT2D eigenvalue weighted by molar-refractivity contribution is 8.27. The van der Waals surface area contributed by atoms with Gasteiger partial charge in [0.2, 0.25) is 0 Å². The van der Waals surface area contributed by atoms with Crippen molar-refractivity contribution in [2.75, 3.05) is 4.90 Å². The predicted octanol–water partition coefficient (Wildman–Crippen LogP) is 6.06. The minimum Gasteiger partial charge on any atom is -0.478 e. The van der Waals surface area contributed by atoms with Crippen molar-refractivity contribution in [3.8, 4) is 11.3 Å². The van der Waals surface area contributed by atoms with Crippen molar-refractivity contribution >= 4 is 81.1 Å². The Bertz CT molecular complexity index is 1350. The van der Waals surface area contributed by atoms with Crippen LogP contribution in [-0.2, 0) is 4.79 Å². The van der Waals surface area contributed by atoms with Crippen molar-refractivity contribution in [1.29, 1.82) is 0 Å². The molecule has 1 aromatic heterocycles. The van der Waals surface area contributed by atoms with E-state index in [0.717, 1.165) is 22.7 Å². The number of anilines is 1. The quantitative estimate of drug-likeness (QED) is 0.309. The summed E-state index contributed by atoms with van der Waals surface area (Å²) in [5, 5.41) is 19.5. The molecule has 2 aromatic carbocycles. The average molecular weight is 520 g/mol. The van der Waals surface area contributed by atoms with E-state index in [-0.39, 0.29) is 26.0 Å². The van der Waals surface area contributed by atoms with E-state index in [0.29, 0.717) is 27.1 Å². The van der Waals surface area contributed by atoms with Crippen LogP contribution in [0.4, 0.5) is 5.69 Å². The molecule has 0 aliphatic carbocycles. The highest BCUT2D eigenvalue weighted by Crippen LogP contribution is 2.38. The second-order valence-electron chi connectivity index (χ2n) is 6.72. The molecule has 7 nitrogen and oxygen atoms in total. The lowest BCUT2D eigenvalue weighted by Gasteiger charge is -2.16. The van der Waals surface area contributed by atoms with Gasteiger partial charge in [-0.25, -0.2) is 9.59 Å². The molecule has 1 amide bonds. The van der Waals surface area contributed by atoms with Crippen LogP contribution in [0, 0.1) is 0 Å². The van der Waals surface area contributed by atoms with Crippen LogP contribution in [0.15, 0.2) is 57.9 Å². The first-order valence-corrected chi connectivity index (χ1v) is 11.1. The van der Waals surface area contributed by atoms with E-state index in [1.165, 1.54) is 18.2 Å². The first-order chi connectivity index (χ1) is 15.6. The van der Waals surface area contributed by atoms with Crippen molar-refractivity contribution in [2.24, 2.45) is 0 Å². The third-order valence-electron chi connectivity index (χ3n) is 4.56. The zero-order chi connectivity index (χ0) is 23.9. The van der Waals surface area contributed by atoms with Crippen LogP contribution in [0.2, 0.25) is 10.0 Å². The Morgan fingerprint density at radius 2 is 1.67 bits per heavy atom. The number of halogens is 2. The Morgan fingerprint density at radius 1 is 1.00 bits per heavy atom. The summed E-state index contributed by atoms with van der Waals surface area (Å²) in [6, 6.07) is 11.7. The molecular formula is C22H11Cl2NO6S2. The molecule has 3 aromatic rings. The van der Waals surface area contributed by atoms with Gasteiger partial charge in [0.15, 0.2) is 4.32 Å². The number of rotatable bonds is 5. The molecule has 0 radical (unpaired) electrons. The molecule has 33 heavy (non-hydrogen) atoms. The predicted molar refractivity (Wildman–Crippen MR) is 130 cm³/mol. The van der Waals surface area contributed by atoms with E-state index >= 15 is 0 Å². The second-order valence-corrected chi connectivity index (χ2v) is 9.24. The minimum absolute atomic E-state index is 0.0454. The molecule has 2 heterocycles. The number of benzene rings is 2. The number of thiocarbonyl (C=S) groups is 1. The summed E-state index contributed by atoms with van der Waals surface area (Å²) < 4.78 is 5.91. The van der Waals surface area contributed by atoms with Crippen molar-refractivity contribution in [3.05, 3.63) is 80.4 Å². The van der Waals surface area contributed by atoms with Gasteiger partial charge in [-0.05, 0) is 48.5 Å². The summed E-state index contributed by atoms with van der Waals surface area (Å²) >= 11 is 18.5. The van der Waals surface area contributed by atoms with E-state index in [4.69, 9.17) is 39.8 Å². The summed E-state index contributed by atoms with van der Waals surface area (Å²) in [5.41, 5.74) is 0.0705. The first kappa shape index (κ1) is 23.1. The second kappa shape index (κ2) is 9.03. The molecule has 0 saturated carbocycles. The molecule has 1 aliphatic heterocycles. The number of carbonyl (C=O) groups excluding carboxylic acids is 1. The largest absolute Gasteiger partial charge is 0.478 e. The van der Waals surface area contributed by atoms with Crippen molar-refractivity contribution in [1.82, 2.24) is 0 Å². The van der Waals surface area contributed by atoms with Crippen LogP contribution in [0.25, 0.3) is 17.4 Å².